The highest BCUT2D eigenvalue weighted by Gasteiger charge is 2.66. The zero-order valence-electron chi connectivity index (χ0n) is 11.0. The van der Waals surface area contributed by atoms with Crippen LogP contribution in [0.2, 0.25) is 0 Å². The molecule has 0 saturated carbocycles. The summed E-state index contributed by atoms with van der Waals surface area (Å²) in [5.41, 5.74) is -1.97. The third kappa shape index (κ3) is 3.46. The Morgan fingerprint density at radius 2 is 1.64 bits per heavy atom. The lowest BCUT2D eigenvalue weighted by Crippen LogP contribution is -2.27. The third-order valence-electron chi connectivity index (χ3n) is 3.19. The minimum atomic E-state index is -10.1. The van der Waals surface area contributed by atoms with Crippen molar-refractivity contribution in [2.24, 2.45) is 0 Å². The molecule has 1 aromatic rings. The average molecular weight is 346 g/mol. The molecule has 0 N–H and O–H groups in total. The lowest BCUT2D eigenvalue weighted by molar-refractivity contribution is -0.385. The van der Waals surface area contributed by atoms with E-state index in [1.807, 2.05) is 0 Å². The summed E-state index contributed by atoms with van der Waals surface area (Å²) >= 11 is 0. The van der Waals surface area contributed by atoms with Crippen LogP contribution in [0.3, 0.4) is 0 Å². The van der Waals surface area contributed by atoms with Gasteiger partial charge in [0, 0.05) is 30.8 Å². The predicted octanol–water partition coefficient (Wildman–Crippen LogP) is 4.49. The smallest absolute Gasteiger partial charge is 0.310 e. The van der Waals surface area contributed by atoms with Crippen LogP contribution in [0.5, 0.6) is 0 Å². The average Bonchev–Trinajstić information content (AvgIpc) is 2.88. The summed E-state index contributed by atoms with van der Waals surface area (Å²) in [5, 5.41) is 10.7. The molecule has 2 rings (SSSR count). The Bertz CT molecular complexity index is 655. The SMILES string of the molecule is O=C(c1cc([N+](=O)[O-])cc(S(F)(F)(F)(F)F)c1)N1CCCC1. The van der Waals surface area contributed by atoms with E-state index < -0.39 is 37.2 Å². The minimum Gasteiger partial charge on any atom is -0.339 e. The van der Waals surface area contributed by atoms with E-state index in [2.05, 4.69) is 0 Å². The van der Waals surface area contributed by atoms with Crippen LogP contribution < -0.4 is 0 Å². The van der Waals surface area contributed by atoms with Crippen LogP contribution in [0.4, 0.5) is 25.1 Å². The fraction of sp³-hybridized carbons (Fsp3) is 0.364. The van der Waals surface area contributed by atoms with Gasteiger partial charge in [0.15, 0.2) is 0 Å². The van der Waals surface area contributed by atoms with Gasteiger partial charge in [-0.2, -0.15) is 0 Å². The van der Waals surface area contributed by atoms with Gasteiger partial charge in [-0.1, -0.05) is 19.4 Å². The monoisotopic (exact) mass is 346 g/mol. The van der Waals surface area contributed by atoms with Crippen molar-refractivity contribution < 1.29 is 29.1 Å². The second-order valence-electron chi connectivity index (χ2n) is 4.94. The number of halogens is 5. The Morgan fingerprint density at radius 3 is 2.09 bits per heavy atom. The number of hydrogen-bond acceptors (Lipinski definition) is 3. The molecule has 1 aliphatic rings. The molecule has 22 heavy (non-hydrogen) atoms. The Labute approximate surface area is 121 Å². The lowest BCUT2D eigenvalue weighted by atomic mass is 10.2. The van der Waals surface area contributed by atoms with E-state index in [0.717, 1.165) is 0 Å². The van der Waals surface area contributed by atoms with Gasteiger partial charge < -0.3 is 4.90 Å². The van der Waals surface area contributed by atoms with Crippen molar-refractivity contribution in [2.75, 3.05) is 13.1 Å². The molecule has 0 spiro atoms. The first kappa shape index (κ1) is 16.5. The molecule has 1 aromatic carbocycles. The zero-order chi connectivity index (χ0) is 16.8. The Kier molecular flexibility index (Phi) is 3.22. The summed E-state index contributed by atoms with van der Waals surface area (Å²) in [5.74, 6) is -0.927. The van der Waals surface area contributed by atoms with Crippen LogP contribution in [0.15, 0.2) is 23.1 Å². The van der Waals surface area contributed by atoms with Crippen molar-refractivity contribution in [1.29, 1.82) is 0 Å². The molecule has 0 atom stereocenters. The van der Waals surface area contributed by atoms with E-state index in [0.29, 0.717) is 18.9 Å². The van der Waals surface area contributed by atoms with Crippen molar-refractivity contribution in [2.45, 2.75) is 17.7 Å². The summed E-state index contributed by atoms with van der Waals surface area (Å²) in [6, 6.07) is 0.311. The Balaban J connectivity index is 2.59. The molecule has 1 heterocycles. The van der Waals surface area contributed by atoms with Gasteiger partial charge in [0.2, 0.25) is 0 Å². The zero-order valence-corrected chi connectivity index (χ0v) is 11.8. The van der Waals surface area contributed by atoms with Gasteiger partial charge in [-0.15, -0.1) is 0 Å². The Morgan fingerprint density at radius 1 is 1.09 bits per heavy atom. The minimum absolute atomic E-state index is 0.0186. The molecule has 1 fully saturated rings. The van der Waals surface area contributed by atoms with Crippen LogP contribution in [-0.2, 0) is 0 Å². The number of benzene rings is 1. The van der Waals surface area contributed by atoms with E-state index >= 15 is 0 Å². The second kappa shape index (κ2) is 4.31. The van der Waals surface area contributed by atoms with Crippen LogP contribution in [0.25, 0.3) is 0 Å². The molecular weight excluding hydrogens is 335 g/mol. The van der Waals surface area contributed by atoms with Gasteiger partial charge in [-0.05, 0) is 18.9 Å². The van der Waals surface area contributed by atoms with Crippen molar-refractivity contribution in [3.05, 3.63) is 33.9 Å². The van der Waals surface area contributed by atoms with Gasteiger partial charge in [-0.3, -0.25) is 14.9 Å². The quantitative estimate of drug-likeness (QED) is 0.460. The van der Waals surface area contributed by atoms with Gasteiger partial charge in [0.25, 0.3) is 11.6 Å². The summed E-state index contributed by atoms with van der Waals surface area (Å²) in [6.45, 7) is 0.542. The van der Waals surface area contributed by atoms with Crippen molar-refractivity contribution in [3.8, 4) is 0 Å². The third-order valence-corrected chi connectivity index (χ3v) is 4.31. The standard InChI is InChI=1S/C11H11F5N2O3S/c12-22(13,14,15,16)10-6-8(5-9(7-10)18(20)21)11(19)17-3-1-2-4-17/h5-7H,1-4H2. The van der Waals surface area contributed by atoms with E-state index in [-0.39, 0.29) is 25.2 Å². The number of carbonyl (C=O) groups is 1. The number of nitrogens with zero attached hydrogens (tertiary/aromatic N) is 2. The molecule has 0 bridgehead atoms. The van der Waals surface area contributed by atoms with Crippen LogP contribution in [-0.4, -0.2) is 28.8 Å². The molecule has 124 valence electrons. The number of likely N-dealkylation sites (tertiary alicyclic amines) is 1. The Hall–Kier alpha value is -1.91. The summed E-state index contributed by atoms with van der Waals surface area (Å²) < 4.78 is 64.3. The maximum Gasteiger partial charge on any atom is 0.310 e. The number of nitro benzene ring substituents is 1. The van der Waals surface area contributed by atoms with Crippen molar-refractivity contribution in [3.63, 3.8) is 0 Å². The summed E-state index contributed by atoms with van der Waals surface area (Å²) in [6.07, 6.45) is 1.27. The maximum absolute atomic E-state index is 12.9. The predicted molar refractivity (Wildman–Crippen MR) is 69.6 cm³/mol. The molecule has 0 aromatic heterocycles. The first-order chi connectivity index (χ1) is 9.77. The normalized spacial score (nSPS) is 18.7. The highest BCUT2D eigenvalue weighted by Crippen LogP contribution is 3.02. The first-order valence-corrected chi connectivity index (χ1v) is 8.06. The van der Waals surface area contributed by atoms with E-state index in [4.69, 9.17) is 0 Å². The number of carbonyl (C=O) groups excluding carboxylic acids is 1. The van der Waals surface area contributed by atoms with Gasteiger partial charge >= 0.3 is 10.2 Å². The molecule has 1 amide bonds. The molecular formula is C11H11F5N2O3S. The molecule has 0 radical (unpaired) electrons. The number of amides is 1. The summed E-state index contributed by atoms with van der Waals surface area (Å²) in [7, 11) is -10.1. The van der Waals surface area contributed by atoms with E-state index in [1.54, 1.807) is 0 Å². The molecule has 0 unspecified atom stereocenters. The number of non-ortho nitro benzene ring substituents is 1. The van der Waals surface area contributed by atoms with E-state index in [1.165, 1.54) is 4.90 Å². The number of hydrogen-bond donors (Lipinski definition) is 0. The molecule has 0 aliphatic carbocycles. The topological polar surface area (TPSA) is 63.4 Å². The highest BCUT2D eigenvalue weighted by molar-refractivity contribution is 8.45. The maximum atomic E-state index is 12.9. The van der Waals surface area contributed by atoms with Gasteiger partial charge in [0.05, 0.1) is 4.92 Å². The van der Waals surface area contributed by atoms with Crippen LogP contribution >= 0.6 is 10.2 Å². The largest absolute Gasteiger partial charge is 0.339 e. The van der Waals surface area contributed by atoms with Gasteiger partial charge in [0.1, 0.15) is 4.90 Å². The highest BCUT2D eigenvalue weighted by atomic mass is 32.5. The molecule has 5 nitrogen and oxygen atoms in total. The van der Waals surface area contributed by atoms with Gasteiger partial charge in [-0.25, -0.2) is 0 Å². The second-order valence-corrected chi connectivity index (χ2v) is 7.35. The van der Waals surface area contributed by atoms with Crippen molar-refractivity contribution in [1.82, 2.24) is 4.90 Å². The number of nitro groups is 1. The van der Waals surface area contributed by atoms with Crippen molar-refractivity contribution >= 4 is 21.8 Å². The number of rotatable bonds is 3. The molecule has 1 aliphatic heterocycles. The van der Waals surface area contributed by atoms with Crippen LogP contribution in [0, 0.1) is 10.1 Å². The van der Waals surface area contributed by atoms with E-state index in [9.17, 15) is 34.3 Å². The molecule has 1 saturated heterocycles. The fourth-order valence-electron chi connectivity index (χ4n) is 2.14. The fourth-order valence-corrected chi connectivity index (χ4v) is 2.83. The summed E-state index contributed by atoms with van der Waals surface area (Å²) in [4.78, 5) is 20.2. The molecule has 11 heteroatoms. The lowest BCUT2D eigenvalue weighted by Gasteiger charge is -2.40. The van der Waals surface area contributed by atoms with Crippen LogP contribution in [0.1, 0.15) is 23.2 Å². The first-order valence-electron chi connectivity index (χ1n) is 6.11.